The van der Waals surface area contributed by atoms with Crippen molar-refractivity contribution >= 4 is 11.9 Å². The van der Waals surface area contributed by atoms with E-state index in [0.29, 0.717) is 6.04 Å². The van der Waals surface area contributed by atoms with E-state index in [1.54, 1.807) is 6.20 Å². The summed E-state index contributed by atoms with van der Waals surface area (Å²) in [4.78, 5) is 25.0. The first kappa shape index (κ1) is 17.3. The van der Waals surface area contributed by atoms with Gasteiger partial charge in [0.1, 0.15) is 17.7 Å². The van der Waals surface area contributed by atoms with Gasteiger partial charge in [-0.1, -0.05) is 20.8 Å². The van der Waals surface area contributed by atoms with Gasteiger partial charge in [-0.05, 0) is 37.0 Å². The second-order valence-electron chi connectivity index (χ2n) is 8.07. The van der Waals surface area contributed by atoms with Crippen LogP contribution in [0.25, 0.3) is 0 Å². The smallest absolute Gasteiger partial charge is 0.325 e. The van der Waals surface area contributed by atoms with E-state index in [-0.39, 0.29) is 16.4 Å². The summed E-state index contributed by atoms with van der Waals surface area (Å²) in [5, 5.41) is 20.5. The Bertz CT molecular complexity index is 590. The van der Waals surface area contributed by atoms with Crippen molar-refractivity contribution in [3.05, 3.63) is 11.8 Å². The Morgan fingerprint density at radius 2 is 2.04 bits per heavy atom. The summed E-state index contributed by atoms with van der Waals surface area (Å²) in [7, 11) is 0. The summed E-state index contributed by atoms with van der Waals surface area (Å²) < 4.78 is 0. The molecule has 2 rings (SSSR count). The Hall–Kier alpha value is -2.03. The minimum atomic E-state index is -1.12. The molecule has 2 bridgehead atoms. The third kappa shape index (κ3) is 3.84. The SMILES string of the molecule is CC(NC(=O)/C(C#N)=C\N1CC2(C)CC1CC(C)(C)C2)C(=O)O. The summed E-state index contributed by atoms with van der Waals surface area (Å²) in [5.74, 6) is -1.75. The minimum absolute atomic E-state index is 0.0351. The number of fused-ring (bicyclic) bond motifs is 2. The topological polar surface area (TPSA) is 93.4 Å². The van der Waals surface area contributed by atoms with Crippen LogP contribution >= 0.6 is 0 Å². The molecule has 2 N–H and O–H groups in total. The number of carboxylic acids is 1. The summed E-state index contributed by atoms with van der Waals surface area (Å²) in [6.07, 6.45) is 4.84. The van der Waals surface area contributed by atoms with Gasteiger partial charge in [-0.3, -0.25) is 9.59 Å². The molecular formula is C17H25N3O3. The molecule has 0 spiro atoms. The van der Waals surface area contributed by atoms with Crippen LogP contribution < -0.4 is 5.32 Å². The van der Waals surface area contributed by atoms with Gasteiger partial charge in [-0.2, -0.15) is 5.26 Å². The van der Waals surface area contributed by atoms with Crippen molar-refractivity contribution in [1.29, 1.82) is 5.26 Å². The highest BCUT2D eigenvalue weighted by atomic mass is 16.4. The van der Waals surface area contributed by atoms with Crippen LogP contribution in [0.4, 0.5) is 0 Å². The molecule has 0 aromatic carbocycles. The summed E-state index contributed by atoms with van der Waals surface area (Å²) in [6.45, 7) is 8.98. The number of nitrogens with one attached hydrogen (secondary N) is 1. The van der Waals surface area contributed by atoms with Gasteiger partial charge in [0.05, 0.1) is 0 Å². The Labute approximate surface area is 137 Å². The second kappa shape index (κ2) is 5.88. The second-order valence-corrected chi connectivity index (χ2v) is 8.07. The number of nitriles is 1. The summed E-state index contributed by atoms with van der Waals surface area (Å²) in [6, 6.07) is 1.21. The number of hydrogen-bond acceptors (Lipinski definition) is 4. The fourth-order valence-corrected chi connectivity index (χ4v) is 4.29. The van der Waals surface area contributed by atoms with Crippen LogP contribution in [0.2, 0.25) is 0 Å². The van der Waals surface area contributed by atoms with Gasteiger partial charge >= 0.3 is 5.97 Å². The lowest BCUT2D eigenvalue weighted by molar-refractivity contribution is -0.140. The predicted octanol–water partition coefficient (Wildman–Crippen LogP) is 1.88. The molecule has 1 saturated heterocycles. The van der Waals surface area contributed by atoms with Crippen molar-refractivity contribution in [2.24, 2.45) is 10.8 Å². The molecule has 1 aliphatic carbocycles. The average molecular weight is 319 g/mol. The molecule has 0 radical (unpaired) electrons. The summed E-state index contributed by atoms with van der Waals surface area (Å²) in [5.41, 5.74) is 0.425. The standard InChI is InChI=1S/C17H25N3O3/c1-11(15(22)23)19-14(21)12(7-18)8-20-10-17(4)6-13(20)5-16(2,3)9-17/h8,11,13H,5-6,9-10H2,1-4H3,(H,19,21)(H,22,23)/b12-8-. The molecule has 1 aliphatic heterocycles. The van der Waals surface area contributed by atoms with Gasteiger partial charge in [-0.25, -0.2) is 0 Å². The number of amides is 1. The predicted molar refractivity (Wildman–Crippen MR) is 85.2 cm³/mol. The van der Waals surface area contributed by atoms with E-state index in [1.165, 1.54) is 6.92 Å². The summed E-state index contributed by atoms with van der Waals surface area (Å²) >= 11 is 0. The van der Waals surface area contributed by atoms with Gasteiger partial charge < -0.3 is 15.3 Å². The van der Waals surface area contributed by atoms with Crippen molar-refractivity contribution in [1.82, 2.24) is 10.2 Å². The number of likely N-dealkylation sites (tertiary alicyclic amines) is 1. The zero-order valence-electron chi connectivity index (χ0n) is 14.2. The maximum atomic E-state index is 12.1. The molecule has 6 heteroatoms. The number of carboxylic acid groups (broad SMARTS) is 1. The lowest BCUT2D eigenvalue weighted by Crippen LogP contribution is -2.39. The van der Waals surface area contributed by atoms with E-state index in [9.17, 15) is 14.9 Å². The highest BCUT2D eigenvalue weighted by Gasteiger charge is 2.48. The Balaban J connectivity index is 2.15. The molecule has 1 heterocycles. The lowest BCUT2D eigenvalue weighted by Gasteiger charge is -2.39. The van der Waals surface area contributed by atoms with Gasteiger partial charge in [0.15, 0.2) is 0 Å². The van der Waals surface area contributed by atoms with Crippen LogP contribution in [0.1, 0.15) is 47.0 Å². The number of nitrogens with zero attached hydrogens (tertiary/aromatic N) is 2. The van der Waals surface area contributed by atoms with Crippen molar-refractivity contribution in [3.63, 3.8) is 0 Å². The van der Waals surface area contributed by atoms with E-state index < -0.39 is 17.9 Å². The van der Waals surface area contributed by atoms with E-state index in [4.69, 9.17) is 5.11 Å². The van der Waals surface area contributed by atoms with Crippen molar-refractivity contribution < 1.29 is 14.7 Å². The maximum Gasteiger partial charge on any atom is 0.325 e. The fraction of sp³-hybridized carbons (Fsp3) is 0.706. The van der Waals surface area contributed by atoms with Crippen molar-refractivity contribution in [2.75, 3.05) is 6.54 Å². The molecular weight excluding hydrogens is 294 g/mol. The quantitative estimate of drug-likeness (QED) is 0.609. The van der Waals surface area contributed by atoms with Gasteiger partial charge in [0, 0.05) is 18.8 Å². The first-order valence-electron chi connectivity index (χ1n) is 7.97. The van der Waals surface area contributed by atoms with Crippen LogP contribution in [-0.2, 0) is 9.59 Å². The van der Waals surface area contributed by atoms with E-state index in [2.05, 4.69) is 31.0 Å². The third-order valence-electron chi connectivity index (χ3n) is 4.83. The van der Waals surface area contributed by atoms with Crippen LogP contribution in [-0.4, -0.2) is 40.5 Å². The molecule has 3 atom stereocenters. The number of carbonyl (C=O) groups is 2. The largest absolute Gasteiger partial charge is 0.480 e. The van der Waals surface area contributed by atoms with Crippen molar-refractivity contribution in [2.45, 2.75) is 59.0 Å². The molecule has 23 heavy (non-hydrogen) atoms. The molecule has 1 amide bonds. The number of aliphatic carboxylic acids is 1. The van der Waals surface area contributed by atoms with Crippen LogP contribution in [0.3, 0.4) is 0 Å². The molecule has 0 aromatic rings. The molecule has 126 valence electrons. The van der Waals surface area contributed by atoms with E-state index in [0.717, 1.165) is 25.8 Å². The minimum Gasteiger partial charge on any atom is -0.480 e. The zero-order chi connectivity index (χ0) is 17.4. The monoisotopic (exact) mass is 319 g/mol. The highest BCUT2D eigenvalue weighted by molar-refractivity contribution is 5.99. The highest BCUT2D eigenvalue weighted by Crippen LogP contribution is 2.52. The Morgan fingerprint density at radius 3 is 2.61 bits per heavy atom. The molecule has 1 saturated carbocycles. The van der Waals surface area contributed by atoms with Crippen molar-refractivity contribution in [3.8, 4) is 6.07 Å². The van der Waals surface area contributed by atoms with Crippen LogP contribution in [0, 0.1) is 22.2 Å². The first-order valence-corrected chi connectivity index (χ1v) is 7.97. The maximum absolute atomic E-state index is 12.1. The Morgan fingerprint density at radius 1 is 1.39 bits per heavy atom. The molecule has 0 aromatic heterocycles. The Kier molecular flexibility index (Phi) is 4.43. The van der Waals surface area contributed by atoms with Gasteiger partial charge in [0.2, 0.25) is 0 Å². The van der Waals surface area contributed by atoms with E-state index in [1.807, 2.05) is 6.07 Å². The molecule has 2 aliphatic rings. The van der Waals surface area contributed by atoms with Gasteiger partial charge in [0.25, 0.3) is 5.91 Å². The average Bonchev–Trinajstić information content (AvgIpc) is 2.64. The first-order chi connectivity index (χ1) is 10.6. The number of carbonyl (C=O) groups excluding carboxylic acids is 1. The van der Waals surface area contributed by atoms with Crippen LogP contribution in [0.5, 0.6) is 0 Å². The van der Waals surface area contributed by atoms with Gasteiger partial charge in [-0.15, -0.1) is 0 Å². The zero-order valence-corrected chi connectivity index (χ0v) is 14.2. The number of hydrogen-bond donors (Lipinski definition) is 2. The normalized spacial score (nSPS) is 30.5. The third-order valence-corrected chi connectivity index (χ3v) is 4.83. The fourth-order valence-electron chi connectivity index (χ4n) is 4.29. The molecule has 2 fully saturated rings. The lowest BCUT2D eigenvalue weighted by atomic mass is 9.65. The molecule has 3 unspecified atom stereocenters. The van der Waals surface area contributed by atoms with Crippen LogP contribution in [0.15, 0.2) is 11.8 Å². The van der Waals surface area contributed by atoms with E-state index >= 15 is 0 Å². The number of rotatable bonds is 4. The molecule has 6 nitrogen and oxygen atoms in total.